The number of amides is 1. The van der Waals surface area contributed by atoms with Crippen molar-refractivity contribution in [2.24, 2.45) is 15.9 Å². The second-order valence-corrected chi connectivity index (χ2v) is 8.17. The van der Waals surface area contributed by atoms with Crippen LogP contribution >= 0.6 is 0 Å². The molecule has 1 amide bonds. The van der Waals surface area contributed by atoms with Crippen molar-refractivity contribution in [3.63, 3.8) is 0 Å². The van der Waals surface area contributed by atoms with Gasteiger partial charge in [-0.15, -0.1) is 0 Å². The molecule has 0 bridgehead atoms. The van der Waals surface area contributed by atoms with Gasteiger partial charge in [-0.3, -0.25) is 0 Å². The summed E-state index contributed by atoms with van der Waals surface area (Å²) in [5.74, 6) is -0.317. The van der Waals surface area contributed by atoms with Gasteiger partial charge in [-0.05, 0) is 0 Å². The minimum atomic E-state index is -0.604. The van der Waals surface area contributed by atoms with Crippen molar-refractivity contribution in [1.82, 2.24) is 5.32 Å². The van der Waals surface area contributed by atoms with Gasteiger partial charge >= 0.3 is 183 Å². The number of carbonyl (C=O) groups excluding carboxylic acids is 2. The van der Waals surface area contributed by atoms with Crippen LogP contribution in [0.1, 0.15) is 26.3 Å². The van der Waals surface area contributed by atoms with E-state index < -0.39 is 18.1 Å². The number of ether oxygens (including phenoxy) is 2. The molecule has 152 valence electrons. The van der Waals surface area contributed by atoms with Crippen molar-refractivity contribution in [3.8, 4) is 0 Å². The second kappa shape index (κ2) is 12.7. The van der Waals surface area contributed by atoms with E-state index in [1.165, 1.54) is 7.11 Å². The number of carbonyl (C=O) groups is 2. The zero-order valence-corrected chi connectivity index (χ0v) is 19.8. The molecule has 1 rings (SSSR count). The molecule has 0 fully saturated rings. The summed E-state index contributed by atoms with van der Waals surface area (Å²) in [6.07, 6.45) is -0.512. The Morgan fingerprint density at radius 3 is 2.36 bits per heavy atom. The summed E-state index contributed by atoms with van der Waals surface area (Å²) in [6.45, 7) is 6.05. The van der Waals surface area contributed by atoms with E-state index in [2.05, 4.69) is 52.1 Å². The number of hydrogen-bond donors (Lipinski definition) is 1. The Kier molecular flexibility index (Phi) is 11.1. The molecular formula is C19H25N3O4Se2. The van der Waals surface area contributed by atoms with Crippen LogP contribution in [0.3, 0.4) is 0 Å². The number of rotatable bonds is 9. The third-order valence-corrected chi connectivity index (χ3v) is 4.96. The molecule has 1 aromatic carbocycles. The maximum atomic E-state index is 12.1. The Morgan fingerprint density at radius 2 is 1.79 bits per heavy atom. The fourth-order valence-corrected chi connectivity index (χ4v) is 3.43. The van der Waals surface area contributed by atoms with E-state index in [1.807, 2.05) is 44.2 Å². The number of nitrogens with zero attached hydrogens (tertiary/aromatic N) is 2. The SMILES string of the molecule is COC(=O)[C@H](C)N=C([Se])CN=C([Se])[C@@H](NC(=O)OCc1ccccc1)C(C)C. The van der Waals surface area contributed by atoms with Gasteiger partial charge in [0.15, 0.2) is 0 Å². The van der Waals surface area contributed by atoms with Gasteiger partial charge in [0, 0.05) is 0 Å². The van der Waals surface area contributed by atoms with E-state index in [4.69, 9.17) is 4.74 Å². The molecule has 2 atom stereocenters. The summed E-state index contributed by atoms with van der Waals surface area (Å²) in [5, 5.41) is 2.83. The van der Waals surface area contributed by atoms with E-state index in [1.54, 1.807) is 6.92 Å². The molecule has 7 nitrogen and oxygen atoms in total. The molecular weight excluding hydrogens is 492 g/mol. The van der Waals surface area contributed by atoms with Gasteiger partial charge < -0.3 is 0 Å². The predicted octanol–water partition coefficient (Wildman–Crippen LogP) is 1.63. The van der Waals surface area contributed by atoms with Crippen LogP contribution in [0.5, 0.6) is 0 Å². The molecule has 0 saturated carbocycles. The van der Waals surface area contributed by atoms with Gasteiger partial charge in [0.25, 0.3) is 0 Å². The summed E-state index contributed by atoms with van der Waals surface area (Å²) in [4.78, 5) is 32.2. The van der Waals surface area contributed by atoms with Gasteiger partial charge in [0.05, 0.1) is 0 Å². The number of alkyl carbamates (subject to hydrolysis) is 1. The van der Waals surface area contributed by atoms with Crippen LogP contribution in [0.2, 0.25) is 0 Å². The van der Waals surface area contributed by atoms with Crippen molar-refractivity contribution in [3.05, 3.63) is 35.9 Å². The molecule has 0 spiro atoms. The van der Waals surface area contributed by atoms with E-state index in [-0.39, 0.29) is 25.1 Å². The molecule has 0 saturated heterocycles. The molecule has 0 aliphatic carbocycles. The van der Waals surface area contributed by atoms with Crippen molar-refractivity contribution in [2.75, 3.05) is 13.7 Å². The second-order valence-electron chi connectivity index (χ2n) is 6.30. The predicted molar refractivity (Wildman–Crippen MR) is 111 cm³/mol. The zero-order chi connectivity index (χ0) is 21.1. The van der Waals surface area contributed by atoms with Crippen LogP contribution in [0.25, 0.3) is 0 Å². The fraction of sp³-hybridized carbons (Fsp3) is 0.474. The summed E-state index contributed by atoms with van der Waals surface area (Å²) in [5.41, 5.74) is 0.915. The third-order valence-electron chi connectivity index (χ3n) is 3.67. The number of hydrogen-bond acceptors (Lipinski definition) is 6. The summed E-state index contributed by atoms with van der Waals surface area (Å²) >= 11 is 5.70. The van der Waals surface area contributed by atoms with Crippen LogP contribution in [0.15, 0.2) is 40.3 Å². The fourth-order valence-electron chi connectivity index (χ4n) is 2.13. The summed E-state index contributed by atoms with van der Waals surface area (Å²) in [6, 6.07) is 8.54. The molecule has 0 aliphatic heterocycles. The van der Waals surface area contributed by atoms with Crippen molar-refractivity contribution in [1.29, 1.82) is 0 Å². The molecule has 0 heterocycles. The van der Waals surface area contributed by atoms with E-state index in [0.717, 1.165) is 5.56 Å². The van der Waals surface area contributed by atoms with Crippen LogP contribution in [-0.2, 0) is 20.9 Å². The molecule has 0 aliphatic rings. The first-order chi connectivity index (χ1) is 13.2. The number of nitrogens with one attached hydrogen (secondary N) is 1. The molecule has 1 aromatic rings. The molecule has 2 radical (unpaired) electrons. The Labute approximate surface area is 182 Å². The average Bonchev–Trinajstić information content (AvgIpc) is 2.68. The third kappa shape index (κ3) is 9.02. The topological polar surface area (TPSA) is 89.4 Å². The average molecular weight is 517 g/mol. The number of benzene rings is 1. The molecule has 0 unspecified atom stereocenters. The summed E-state index contributed by atoms with van der Waals surface area (Å²) < 4.78 is 11.1. The van der Waals surface area contributed by atoms with Gasteiger partial charge in [0.1, 0.15) is 0 Å². The van der Waals surface area contributed by atoms with Gasteiger partial charge in [0.2, 0.25) is 0 Å². The maximum absolute atomic E-state index is 12.1. The van der Waals surface area contributed by atoms with Crippen molar-refractivity contribution < 1.29 is 19.1 Å². The quantitative estimate of drug-likeness (QED) is 0.307. The van der Waals surface area contributed by atoms with Crippen LogP contribution < -0.4 is 5.32 Å². The Hall–Kier alpha value is -1.66. The summed E-state index contributed by atoms with van der Waals surface area (Å²) in [7, 11) is 1.32. The molecule has 9 heteroatoms. The molecule has 1 N–H and O–H groups in total. The van der Waals surface area contributed by atoms with Crippen LogP contribution in [0, 0.1) is 5.92 Å². The van der Waals surface area contributed by atoms with Crippen molar-refractivity contribution >= 4 is 53.3 Å². The Morgan fingerprint density at radius 1 is 1.14 bits per heavy atom. The Bertz CT molecular complexity index is 708. The number of methoxy groups -OCH3 is 1. The van der Waals surface area contributed by atoms with E-state index in [9.17, 15) is 9.59 Å². The first-order valence-corrected chi connectivity index (χ1v) is 10.5. The van der Waals surface area contributed by atoms with Gasteiger partial charge in [-0.25, -0.2) is 0 Å². The normalized spacial score (nSPS) is 14.3. The monoisotopic (exact) mass is 519 g/mol. The first kappa shape index (κ1) is 24.4. The van der Waals surface area contributed by atoms with E-state index in [0.29, 0.717) is 9.22 Å². The molecule has 28 heavy (non-hydrogen) atoms. The van der Waals surface area contributed by atoms with Gasteiger partial charge in [-0.1, -0.05) is 0 Å². The zero-order valence-electron chi connectivity index (χ0n) is 16.4. The standard InChI is InChI=1S/C19H25N3O4Se2/c1-12(2)16(22-19(24)26-11-14-8-6-5-7-9-14)17(28)20-10-15(27)21-13(3)18(23)25-4/h5-9,12-13,16H,10-11H2,1-4H3,(H,22,24)/t13-,16-/m0/s1. The first-order valence-electron chi connectivity index (χ1n) is 8.74. The molecule has 0 aromatic heterocycles. The van der Waals surface area contributed by atoms with Crippen molar-refractivity contribution in [2.45, 2.75) is 39.5 Å². The van der Waals surface area contributed by atoms with Gasteiger partial charge in [-0.2, -0.15) is 0 Å². The van der Waals surface area contributed by atoms with Crippen LogP contribution in [0.4, 0.5) is 4.79 Å². The Balaban J connectivity index is 2.65. The number of esters is 1. The minimum absolute atomic E-state index is 0.0968. The van der Waals surface area contributed by atoms with E-state index >= 15 is 0 Å². The number of aliphatic imine (C=N–C) groups is 2. The van der Waals surface area contributed by atoms with Crippen LogP contribution in [-0.4, -0.2) is 79.0 Å².